The van der Waals surface area contributed by atoms with Crippen molar-refractivity contribution in [1.82, 2.24) is 24.8 Å². The lowest BCUT2D eigenvalue weighted by molar-refractivity contribution is -0.134. The van der Waals surface area contributed by atoms with Crippen molar-refractivity contribution >= 4 is 33.9 Å². The van der Waals surface area contributed by atoms with E-state index in [0.29, 0.717) is 43.3 Å². The van der Waals surface area contributed by atoms with Gasteiger partial charge in [0, 0.05) is 47.9 Å². The molecule has 0 unspecified atom stereocenters. The molecule has 206 valence electrons. The molecule has 2 saturated heterocycles. The van der Waals surface area contributed by atoms with E-state index in [-0.39, 0.29) is 35.4 Å². The van der Waals surface area contributed by atoms with Crippen LogP contribution in [0.4, 0.5) is 4.39 Å². The van der Waals surface area contributed by atoms with E-state index in [2.05, 4.69) is 29.1 Å². The van der Waals surface area contributed by atoms with Crippen LogP contribution in [0.5, 0.6) is 0 Å². The minimum absolute atomic E-state index is 0.0395. The number of halogens is 1. The number of rotatable bonds is 6. The lowest BCUT2D eigenvalue weighted by Crippen LogP contribution is -2.49. The molecule has 1 saturated carbocycles. The van der Waals surface area contributed by atoms with Gasteiger partial charge in [-0.05, 0) is 67.8 Å². The number of carbonyl (C=O) groups excluding carboxylic acids is 2. The summed E-state index contributed by atoms with van der Waals surface area (Å²) in [6.45, 7) is 6.32. The molecule has 3 fully saturated rings. The highest BCUT2D eigenvalue weighted by Gasteiger charge is 2.52. The maximum atomic E-state index is 14.6. The van der Waals surface area contributed by atoms with Crippen molar-refractivity contribution in [3.05, 3.63) is 65.4 Å². The first kappa shape index (κ1) is 25.5. The highest BCUT2D eigenvalue weighted by atomic mass is 32.1. The van der Waals surface area contributed by atoms with Crippen LogP contribution in [0.2, 0.25) is 0 Å². The fraction of sp³-hybridized carbons (Fsp3) is 0.419. The van der Waals surface area contributed by atoms with Gasteiger partial charge >= 0.3 is 0 Å². The van der Waals surface area contributed by atoms with Gasteiger partial charge in [0.05, 0.1) is 39.5 Å². The standard InChI is InChI=1S/C31H32FN5O2S/c1-17(2)27-30(40-16-35-27)23-12-20(32)3-4-25(23)37-15-24(21-5-8-33-14-26(21)37)29(38)18-6-9-36(10-7-18)31(39)28-22-11-19(22)13-34-28/h3-5,8,12,14-19,22,28,34H,6-7,9-11,13H2,1-2H3/t19-,22-,28-/m0/s1. The highest BCUT2D eigenvalue weighted by Crippen LogP contribution is 2.46. The number of carbonyl (C=O) groups is 2. The number of pyridine rings is 1. The van der Waals surface area contributed by atoms with Gasteiger partial charge in [-0.15, -0.1) is 11.3 Å². The van der Waals surface area contributed by atoms with E-state index >= 15 is 0 Å². The second kappa shape index (κ2) is 9.89. The molecule has 9 heteroatoms. The number of hydrogen-bond acceptors (Lipinski definition) is 6. The number of nitrogens with one attached hydrogen (secondary N) is 1. The van der Waals surface area contributed by atoms with Crippen LogP contribution in [0.15, 0.2) is 48.4 Å². The third-order valence-corrected chi connectivity index (χ3v) is 9.80. The minimum atomic E-state index is -0.320. The first-order valence-electron chi connectivity index (χ1n) is 14.2. The number of benzene rings is 1. The van der Waals surface area contributed by atoms with Crippen LogP contribution in [0.1, 0.15) is 55.1 Å². The van der Waals surface area contributed by atoms with Crippen molar-refractivity contribution in [2.75, 3.05) is 19.6 Å². The zero-order chi connectivity index (χ0) is 27.5. The largest absolute Gasteiger partial charge is 0.341 e. The number of piperidine rings is 2. The molecule has 0 radical (unpaired) electrons. The van der Waals surface area contributed by atoms with E-state index in [9.17, 15) is 14.0 Å². The van der Waals surface area contributed by atoms with Gasteiger partial charge in [0.2, 0.25) is 5.91 Å². The van der Waals surface area contributed by atoms with E-state index in [4.69, 9.17) is 0 Å². The molecule has 1 N–H and O–H groups in total. The lowest BCUT2D eigenvalue weighted by Gasteiger charge is -2.33. The number of hydrogen-bond donors (Lipinski definition) is 1. The number of nitrogens with zero attached hydrogens (tertiary/aromatic N) is 4. The van der Waals surface area contributed by atoms with E-state index in [1.165, 1.54) is 17.4 Å². The van der Waals surface area contributed by atoms with Gasteiger partial charge < -0.3 is 14.8 Å². The fourth-order valence-corrected chi connectivity index (χ4v) is 7.60. The molecule has 7 nitrogen and oxygen atoms in total. The number of ketones is 1. The predicted molar refractivity (Wildman–Crippen MR) is 153 cm³/mol. The molecule has 3 atom stereocenters. The average Bonchev–Trinajstić information content (AvgIpc) is 3.31. The number of amides is 1. The smallest absolute Gasteiger partial charge is 0.240 e. The van der Waals surface area contributed by atoms with Crippen LogP contribution in [0.3, 0.4) is 0 Å². The van der Waals surface area contributed by atoms with Crippen molar-refractivity contribution in [2.45, 2.75) is 45.1 Å². The second-order valence-electron chi connectivity index (χ2n) is 11.7. The molecule has 3 aliphatic rings. The molecule has 1 aliphatic carbocycles. The van der Waals surface area contributed by atoms with E-state index < -0.39 is 0 Å². The lowest BCUT2D eigenvalue weighted by atomic mass is 9.88. The topological polar surface area (TPSA) is 80.1 Å². The highest BCUT2D eigenvalue weighted by molar-refractivity contribution is 7.13. The molecular weight excluding hydrogens is 525 g/mol. The predicted octanol–water partition coefficient (Wildman–Crippen LogP) is 5.44. The summed E-state index contributed by atoms with van der Waals surface area (Å²) in [4.78, 5) is 38.8. The van der Waals surface area contributed by atoms with Gasteiger partial charge in [0.25, 0.3) is 0 Å². The van der Waals surface area contributed by atoms with Crippen LogP contribution < -0.4 is 5.32 Å². The third kappa shape index (κ3) is 4.27. The van der Waals surface area contributed by atoms with Crippen LogP contribution >= 0.6 is 11.3 Å². The summed E-state index contributed by atoms with van der Waals surface area (Å²) in [6.07, 6.45) is 7.82. The second-order valence-corrected chi connectivity index (χ2v) is 12.6. The summed E-state index contributed by atoms with van der Waals surface area (Å²) in [5.41, 5.74) is 5.70. The van der Waals surface area contributed by atoms with Gasteiger partial charge in [0.15, 0.2) is 5.78 Å². The van der Waals surface area contributed by atoms with Gasteiger partial charge in [-0.3, -0.25) is 14.6 Å². The van der Waals surface area contributed by atoms with Crippen LogP contribution in [0.25, 0.3) is 27.0 Å². The Hall–Kier alpha value is -3.43. The molecule has 0 bridgehead atoms. The van der Waals surface area contributed by atoms with Gasteiger partial charge in [0.1, 0.15) is 5.82 Å². The quantitative estimate of drug-likeness (QED) is 0.320. The first-order valence-corrected chi connectivity index (χ1v) is 15.0. The average molecular weight is 558 g/mol. The monoisotopic (exact) mass is 557 g/mol. The summed E-state index contributed by atoms with van der Waals surface area (Å²) in [6, 6.07) is 6.61. The summed E-state index contributed by atoms with van der Waals surface area (Å²) < 4.78 is 16.5. The number of aromatic nitrogens is 3. The normalized spacial score (nSPS) is 22.7. The van der Waals surface area contributed by atoms with Crippen LogP contribution in [-0.2, 0) is 4.79 Å². The van der Waals surface area contributed by atoms with Gasteiger partial charge in [-0.25, -0.2) is 9.37 Å². The Kier molecular flexibility index (Phi) is 6.31. The third-order valence-electron chi connectivity index (χ3n) is 8.93. The minimum Gasteiger partial charge on any atom is -0.341 e. The Bertz CT molecular complexity index is 1620. The van der Waals surface area contributed by atoms with E-state index in [1.54, 1.807) is 30.0 Å². The Balaban J connectivity index is 1.20. The van der Waals surface area contributed by atoms with Crippen LogP contribution in [0, 0.1) is 23.6 Å². The van der Waals surface area contributed by atoms with Crippen LogP contribution in [-0.4, -0.2) is 56.8 Å². The Labute approximate surface area is 236 Å². The number of thiazole rings is 1. The summed E-state index contributed by atoms with van der Waals surface area (Å²) in [5, 5.41) is 4.22. The SMILES string of the molecule is CC(C)c1ncsc1-c1cc(F)ccc1-n1cc(C(=O)C2CCN(C(=O)[C@H]3NC[C@@H]4C[C@@H]43)CC2)c2ccncc21. The Morgan fingerprint density at radius 1 is 1.18 bits per heavy atom. The van der Waals surface area contributed by atoms with E-state index in [0.717, 1.165) is 45.7 Å². The molecule has 4 aromatic rings. The van der Waals surface area contributed by atoms with Crippen molar-refractivity contribution in [3.63, 3.8) is 0 Å². The van der Waals surface area contributed by atoms with E-state index in [1.807, 2.05) is 21.7 Å². The fourth-order valence-electron chi connectivity index (χ4n) is 6.63. The summed E-state index contributed by atoms with van der Waals surface area (Å²) >= 11 is 1.49. The number of Topliss-reactive ketones (excluding diaryl/α,β-unsaturated/α-hetero) is 1. The maximum Gasteiger partial charge on any atom is 0.240 e. The first-order chi connectivity index (χ1) is 19.4. The zero-order valence-electron chi connectivity index (χ0n) is 22.6. The zero-order valence-corrected chi connectivity index (χ0v) is 23.5. The number of likely N-dealkylation sites (tertiary alicyclic amines) is 1. The summed E-state index contributed by atoms with van der Waals surface area (Å²) in [5.74, 6) is 1.19. The molecule has 40 heavy (non-hydrogen) atoms. The molecule has 3 aromatic heterocycles. The Morgan fingerprint density at radius 3 is 2.73 bits per heavy atom. The van der Waals surface area contributed by atoms with Crippen molar-refractivity contribution in [1.29, 1.82) is 0 Å². The molecule has 7 rings (SSSR count). The molecule has 5 heterocycles. The maximum absolute atomic E-state index is 14.6. The summed E-state index contributed by atoms with van der Waals surface area (Å²) in [7, 11) is 0. The molecule has 0 spiro atoms. The Morgan fingerprint density at radius 2 is 2.00 bits per heavy atom. The molecular formula is C31H32FN5O2S. The molecule has 2 aliphatic heterocycles. The van der Waals surface area contributed by atoms with Crippen molar-refractivity contribution in [2.24, 2.45) is 17.8 Å². The van der Waals surface area contributed by atoms with Crippen molar-refractivity contribution in [3.8, 4) is 16.1 Å². The van der Waals surface area contributed by atoms with Gasteiger partial charge in [-0.1, -0.05) is 13.8 Å². The molecule has 1 aromatic carbocycles. The molecule has 1 amide bonds. The van der Waals surface area contributed by atoms with Gasteiger partial charge in [-0.2, -0.15) is 0 Å². The number of fused-ring (bicyclic) bond motifs is 2. The van der Waals surface area contributed by atoms with Crippen molar-refractivity contribution < 1.29 is 14.0 Å².